The van der Waals surface area contributed by atoms with Crippen LogP contribution in [-0.2, 0) is 25.5 Å². The van der Waals surface area contributed by atoms with Crippen LogP contribution in [0.4, 0.5) is 0 Å². The fourth-order valence-electron chi connectivity index (χ4n) is 1.83. The number of nitrogens with zero attached hydrogens (tertiary/aromatic N) is 1. The van der Waals surface area contributed by atoms with Gasteiger partial charge in [-0.2, -0.15) is 0 Å². The first-order valence-electron chi connectivity index (χ1n) is 7.23. The van der Waals surface area contributed by atoms with E-state index in [1.807, 2.05) is 0 Å². The van der Waals surface area contributed by atoms with E-state index < -0.39 is 11.9 Å². The van der Waals surface area contributed by atoms with Crippen LogP contribution in [0.25, 0.3) is 0 Å². The maximum absolute atomic E-state index is 11.9. The van der Waals surface area contributed by atoms with Crippen molar-refractivity contribution in [1.29, 1.82) is 0 Å². The number of carbonyl (C=O) groups excluding carboxylic acids is 3. The third kappa shape index (κ3) is 4.91. The minimum Gasteiger partial charge on any atom is -0.466 e. The Morgan fingerprint density at radius 3 is 1.73 bits per heavy atom. The highest BCUT2D eigenvalue weighted by atomic mass is 16.5. The van der Waals surface area contributed by atoms with Gasteiger partial charge in [0.05, 0.1) is 37.4 Å². The number of esters is 3. The maximum Gasteiger partial charge on any atom is 0.340 e. The van der Waals surface area contributed by atoms with Crippen LogP contribution in [-0.4, -0.2) is 42.3 Å². The van der Waals surface area contributed by atoms with Crippen LogP contribution in [0.15, 0.2) is 12.4 Å². The first-order chi connectivity index (χ1) is 10.5. The number of aryl methyl sites for hydroxylation is 1. The number of ether oxygens (including phenoxy) is 3. The van der Waals surface area contributed by atoms with Gasteiger partial charge in [-0.15, -0.1) is 0 Å². The van der Waals surface area contributed by atoms with E-state index in [0.29, 0.717) is 13.2 Å². The lowest BCUT2D eigenvalue weighted by Gasteiger charge is -2.02. The molecule has 1 rings (SSSR count). The second kappa shape index (κ2) is 8.86. The van der Waals surface area contributed by atoms with E-state index in [9.17, 15) is 14.4 Å². The molecule has 0 amide bonds. The predicted molar refractivity (Wildman–Crippen MR) is 77.6 cm³/mol. The van der Waals surface area contributed by atoms with E-state index in [1.54, 1.807) is 25.3 Å². The summed E-state index contributed by atoms with van der Waals surface area (Å²) in [6.45, 7) is 6.10. The largest absolute Gasteiger partial charge is 0.466 e. The van der Waals surface area contributed by atoms with Gasteiger partial charge in [-0.3, -0.25) is 4.79 Å². The van der Waals surface area contributed by atoms with Crippen LogP contribution in [0, 0.1) is 0 Å². The highest BCUT2D eigenvalue weighted by Gasteiger charge is 2.22. The minimum atomic E-state index is -0.597. The standard InChI is InChI=1S/C15H21NO6/c1-4-20-13(17)7-8-16-9-11(14(18)21-5-2)12(10-16)15(19)22-6-3/h9-10H,4-8H2,1-3H3. The smallest absolute Gasteiger partial charge is 0.340 e. The third-order valence-corrected chi connectivity index (χ3v) is 2.75. The lowest BCUT2D eigenvalue weighted by Crippen LogP contribution is -2.11. The van der Waals surface area contributed by atoms with E-state index in [-0.39, 0.29) is 36.7 Å². The van der Waals surface area contributed by atoms with Gasteiger partial charge < -0.3 is 18.8 Å². The van der Waals surface area contributed by atoms with Crippen molar-refractivity contribution in [3.05, 3.63) is 23.5 Å². The molecule has 0 aliphatic carbocycles. The quantitative estimate of drug-likeness (QED) is 0.537. The molecule has 1 heterocycles. The van der Waals surface area contributed by atoms with Crippen LogP contribution in [0.2, 0.25) is 0 Å². The Kier molecular flexibility index (Phi) is 7.15. The Balaban J connectivity index is 2.91. The zero-order chi connectivity index (χ0) is 16.5. The lowest BCUT2D eigenvalue weighted by atomic mass is 10.2. The topological polar surface area (TPSA) is 83.8 Å². The average Bonchev–Trinajstić information content (AvgIpc) is 2.90. The third-order valence-electron chi connectivity index (χ3n) is 2.75. The maximum atomic E-state index is 11.9. The van der Waals surface area contributed by atoms with Crippen molar-refractivity contribution >= 4 is 17.9 Å². The molecule has 0 aliphatic rings. The molecule has 0 saturated carbocycles. The Hall–Kier alpha value is -2.31. The van der Waals surface area contributed by atoms with Crippen LogP contribution in [0.5, 0.6) is 0 Å². The summed E-state index contributed by atoms with van der Waals surface area (Å²) in [6.07, 6.45) is 3.10. The number of hydrogen-bond donors (Lipinski definition) is 0. The fraction of sp³-hybridized carbons (Fsp3) is 0.533. The molecule has 0 aromatic carbocycles. The highest BCUT2D eigenvalue weighted by molar-refractivity contribution is 6.03. The number of rotatable bonds is 8. The van der Waals surface area contributed by atoms with E-state index in [0.717, 1.165) is 0 Å². The number of carbonyl (C=O) groups is 3. The van der Waals surface area contributed by atoms with Crippen LogP contribution >= 0.6 is 0 Å². The molecule has 0 atom stereocenters. The van der Waals surface area contributed by atoms with Crippen LogP contribution in [0.1, 0.15) is 47.9 Å². The first-order valence-corrected chi connectivity index (χ1v) is 7.23. The van der Waals surface area contributed by atoms with Crippen molar-refractivity contribution in [1.82, 2.24) is 4.57 Å². The SMILES string of the molecule is CCOC(=O)CCn1cc(C(=O)OCC)c(C(=O)OCC)c1. The zero-order valence-electron chi connectivity index (χ0n) is 13.1. The Labute approximate surface area is 129 Å². The molecule has 0 aliphatic heterocycles. The van der Waals surface area contributed by atoms with Crippen molar-refractivity contribution in [2.45, 2.75) is 33.7 Å². The minimum absolute atomic E-state index is 0.129. The lowest BCUT2D eigenvalue weighted by molar-refractivity contribution is -0.143. The van der Waals surface area contributed by atoms with Crippen molar-refractivity contribution in [3.8, 4) is 0 Å². The molecule has 0 fully saturated rings. The van der Waals surface area contributed by atoms with Crippen LogP contribution < -0.4 is 0 Å². The molecule has 7 nitrogen and oxygen atoms in total. The normalized spacial score (nSPS) is 10.1. The second-order valence-corrected chi connectivity index (χ2v) is 4.32. The number of hydrogen-bond acceptors (Lipinski definition) is 6. The summed E-state index contributed by atoms with van der Waals surface area (Å²) in [7, 11) is 0. The zero-order valence-corrected chi connectivity index (χ0v) is 13.1. The molecule has 7 heteroatoms. The van der Waals surface area contributed by atoms with Crippen molar-refractivity contribution < 1.29 is 28.6 Å². The summed E-state index contributed by atoms with van der Waals surface area (Å²) in [5.41, 5.74) is 0.258. The molecule has 0 unspecified atom stereocenters. The van der Waals surface area contributed by atoms with Gasteiger partial charge >= 0.3 is 17.9 Å². The van der Waals surface area contributed by atoms with Gasteiger partial charge in [-0.05, 0) is 20.8 Å². The summed E-state index contributed by atoms with van der Waals surface area (Å²) in [6, 6.07) is 0. The Bertz CT molecular complexity index is 499. The summed E-state index contributed by atoms with van der Waals surface area (Å²) in [5.74, 6) is -1.53. The van der Waals surface area contributed by atoms with Gasteiger partial charge in [-0.1, -0.05) is 0 Å². The van der Waals surface area contributed by atoms with Gasteiger partial charge in [0, 0.05) is 18.9 Å². The molecule has 0 N–H and O–H groups in total. The van der Waals surface area contributed by atoms with Gasteiger partial charge in [0.15, 0.2) is 0 Å². The van der Waals surface area contributed by atoms with Gasteiger partial charge in [-0.25, -0.2) is 9.59 Å². The van der Waals surface area contributed by atoms with Gasteiger partial charge in [0.25, 0.3) is 0 Å². The molecule has 122 valence electrons. The molecule has 0 saturated heterocycles. The molecule has 1 aromatic rings. The van der Waals surface area contributed by atoms with E-state index in [4.69, 9.17) is 14.2 Å². The molecular formula is C15H21NO6. The molecule has 0 bridgehead atoms. The van der Waals surface area contributed by atoms with Crippen LogP contribution in [0.3, 0.4) is 0 Å². The summed E-state index contributed by atoms with van der Waals surface area (Å²) >= 11 is 0. The molecule has 0 radical (unpaired) electrons. The van der Waals surface area contributed by atoms with Crippen molar-refractivity contribution in [3.63, 3.8) is 0 Å². The molecule has 0 spiro atoms. The van der Waals surface area contributed by atoms with Crippen molar-refractivity contribution in [2.24, 2.45) is 0 Å². The summed E-state index contributed by atoms with van der Waals surface area (Å²) in [5, 5.41) is 0. The van der Waals surface area contributed by atoms with E-state index in [2.05, 4.69) is 0 Å². The predicted octanol–water partition coefficient (Wildman–Crippen LogP) is 1.79. The highest BCUT2D eigenvalue weighted by Crippen LogP contribution is 2.15. The first kappa shape index (κ1) is 17.7. The second-order valence-electron chi connectivity index (χ2n) is 4.32. The monoisotopic (exact) mass is 311 g/mol. The summed E-state index contributed by atoms with van der Waals surface area (Å²) < 4.78 is 16.3. The molecular weight excluding hydrogens is 290 g/mol. The fourth-order valence-corrected chi connectivity index (χ4v) is 1.83. The van der Waals surface area contributed by atoms with Crippen molar-refractivity contribution in [2.75, 3.05) is 19.8 Å². The Morgan fingerprint density at radius 1 is 0.864 bits per heavy atom. The van der Waals surface area contributed by atoms with E-state index in [1.165, 1.54) is 12.4 Å². The van der Waals surface area contributed by atoms with Gasteiger partial charge in [0.2, 0.25) is 0 Å². The van der Waals surface area contributed by atoms with E-state index >= 15 is 0 Å². The number of aromatic nitrogens is 1. The summed E-state index contributed by atoms with van der Waals surface area (Å²) in [4.78, 5) is 35.1. The molecule has 1 aromatic heterocycles. The Morgan fingerprint density at radius 2 is 1.32 bits per heavy atom. The average molecular weight is 311 g/mol. The molecule has 22 heavy (non-hydrogen) atoms. The van der Waals surface area contributed by atoms with Gasteiger partial charge in [0.1, 0.15) is 0 Å².